The fraction of sp³-hybridized carbons (Fsp3) is 0.360. The summed E-state index contributed by atoms with van der Waals surface area (Å²) in [4.78, 5) is 28.6. The first-order valence-electron chi connectivity index (χ1n) is 10.8. The van der Waals surface area contributed by atoms with Crippen LogP contribution in [-0.2, 0) is 17.6 Å². The zero-order valence-electron chi connectivity index (χ0n) is 18.4. The molecule has 0 radical (unpaired) electrons. The van der Waals surface area contributed by atoms with E-state index in [-0.39, 0.29) is 11.9 Å². The predicted molar refractivity (Wildman–Crippen MR) is 122 cm³/mol. The summed E-state index contributed by atoms with van der Waals surface area (Å²) in [5, 5.41) is 3.23. The molecule has 160 valence electrons. The number of hydrogen-bond donors (Lipinski definition) is 1. The van der Waals surface area contributed by atoms with Gasteiger partial charge in [-0.15, -0.1) is 0 Å². The Morgan fingerprint density at radius 3 is 2.68 bits per heavy atom. The number of amides is 1. The Kier molecular flexibility index (Phi) is 6.26. The fourth-order valence-electron chi connectivity index (χ4n) is 3.64. The van der Waals surface area contributed by atoms with Crippen molar-refractivity contribution in [1.29, 1.82) is 0 Å². The van der Waals surface area contributed by atoms with Crippen LogP contribution >= 0.6 is 0 Å². The molecular formula is C25H29N5O. The Morgan fingerprint density at radius 1 is 1.16 bits per heavy atom. The highest BCUT2D eigenvalue weighted by molar-refractivity contribution is 5.79. The fourth-order valence-corrected chi connectivity index (χ4v) is 3.64. The lowest BCUT2D eigenvalue weighted by Gasteiger charge is -2.21. The molecule has 1 saturated carbocycles. The zero-order valence-corrected chi connectivity index (χ0v) is 18.4. The maximum absolute atomic E-state index is 12.9. The molecule has 2 aromatic heterocycles. The number of nitrogens with one attached hydrogen (secondary N) is 1. The van der Waals surface area contributed by atoms with Gasteiger partial charge in [0, 0.05) is 50.6 Å². The molecule has 0 aliphatic heterocycles. The average molecular weight is 416 g/mol. The summed E-state index contributed by atoms with van der Waals surface area (Å²) < 4.78 is 0. The van der Waals surface area contributed by atoms with Gasteiger partial charge in [0.05, 0.1) is 12.5 Å². The van der Waals surface area contributed by atoms with Crippen LogP contribution in [0.25, 0.3) is 0 Å². The highest BCUT2D eigenvalue weighted by Gasteiger charge is 2.28. The van der Waals surface area contributed by atoms with E-state index < -0.39 is 0 Å². The third kappa shape index (κ3) is 5.66. The second-order valence-corrected chi connectivity index (χ2v) is 8.52. The molecule has 1 fully saturated rings. The Morgan fingerprint density at radius 2 is 2.00 bits per heavy atom. The van der Waals surface area contributed by atoms with Gasteiger partial charge in [-0.3, -0.25) is 9.78 Å². The Bertz CT molecular complexity index is 1030. The van der Waals surface area contributed by atoms with E-state index in [1.54, 1.807) is 12.4 Å². The van der Waals surface area contributed by atoms with Gasteiger partial charge in [0.25, 0.3) is 0 Å². The minimum atomic E-state index is -0.166. The molecule has 1 N–H and O–H groups in total. The van der Waals surface area contributed by atoms with Gasteiger partial charge in [0.2, 0.25) is 5.91 Å². The van der Waals surface area contributed by atoms with Crippen molar-refractivity contribution in [3.63, 3.8) is 0 Å². The maximum Gasteiger partial charge on any atom is 0.224 e. The number of benzene rings is 1. The minimum Gasteiger partial charge on any atom is -0.363 e. The molecule has 31 heavy (non-hydrogen) atoms. The van der Waals surface area contributed by atoms with Crippen LogP contribution in [0.4, 0.5) is 5.82 Å². The molecule has 6 nitrogen and oxygen atoms in total. The molecular weight excluding hydrogens is 386 g/mol. The Hall–Kier alpha value is -3.28. The first-order valence-corrected chi connectivity index (χ1v) is 10.8. The van der Waals surface area contributed by atoms with Gasteiger partial charge in [-0.2, -0.15) is 0 Å². The number of carbonyl (C=O) groups is 1. The topological polar surface area (TPSA) is 71.0 Å². The summed E-state index contributed by atoms with van der Waals surface area (Å²) in [5.74, 6) is 2.28. The molecule has 1 atom stereocenters. The molecule has 2 heterocycles. The minimum absolute atomic E-state index is 0.0242. The second kappa shape index (κ2) is 9.25. The summed E-state index contributed by atoms with van der Waals surface area (Å²) in [5.41, 5.74) is 4.10. The lowest BCUT2D eigenvalue weighted by Crippen LogP contribution is -2.31. The summed E-state index contributed by atoms with van der Waals surface area (Å²) in [6, 6.07) is 13.9. The van der Waals surface area contributed by atoms with E-state index in [0.717, 1.165) is 41.3 Å². The van der Waals surface area contributed by atoms with Crippen LogP contribution in [-0.4, -0.2) is 35.0 Å². The molecule has 1 aliphatic carbocycles. The molecule has 0 bridgehead atoms. The van der Waals surface area contributed by atoms with E-state index in [9.17, 15) is 4.79 Å². The number of aryl methyl sites for hydroxylation is 1. The van der Waals surface area contributed by atoms with Crippen LogP contribution in [0.15, 0.2) is 54.9 Å². The number of anilines is 1. The lowest BCUT2D eigenvalue weighted by molar-refractivity contribution is -0.121. The van der Waals surface area contributed by atoms with Crippen molar-refractivity contribution in [3.8, 4) is 0 Å². The van der Waals surface area contributed by atoms with Crippen molar-refractivity contribution in [2.45, 2.75) is 44.6 Å². The maximum atomic E-state index is 12.9. The van der Waals surface area contributed by atoms with Gasteiger partial charge >= 0.3 is 0 Å². The Labute approximate surface area is 183 Å². The van der Waals surface area contributed by atoms with Gasteiger partial charge in [-0.05, 0) is 37.0 Å². The third-order valence-corrected chi connectivity index (χ3v) is 5.46. The van der Waals surface area contributed by atoms with E-state index >= 15 is 0 Å². The smallest absolute Gasteiger partial charge is 0.224 e. The Balaban J connectivity index is 1.59. The molecule has 0 saturated heterocycles. The zero-order chi connectivity index (χ0) is 21.8. The van der Waals surface area contributed by atoms with Crippen LogP contribution in [0.1, 0.15) is 53.0 Å². The van der Waals surface area contributed by atoms with Crippen LogP contribution in [0.3, 0.4) is 0 Å². The number of nitrogens with zero attached hydrogens (tertiary/aromatic N) is 4. The van der Waals surface area contributed by atoms with E-state index in [2.05, 4.69) is 35.4 Å². The number of rotatable bonds is 8. The average Bonchev–Trinajstić information content (AvgIpc) is 3.59. The number of pyridine rings is 1. The van der Waals surface area contributed by atoms with Crippen LogP contribution in [0.2, 0.25) is 0 Å². The highest BCUT2D eigenvalue weighted by Crippen LogP contribution is 2.38. The van der Waals surface area contributed by atoms with Gasteiger partial charge in [0.1, 0.15) is 11.6 Å². The summed E-state index contributed by atoms with van der Waals surface area (Å²) in [7, 11) is 3.99. The molecule has 1 aromatic carbocycles. The van der Waals surface area contributed by atoms with Gasteiger partial charge < -0.3 is 10.2 Å². The number of carbonyl (C=O) groups excluding carboxylic acids is 1. The highest BCUT2D eigenvalue weighted by atomic mass is 16.1. The van der Waals surface area contributed by atoms with Crippen molar-refractivity contribution in [2.75, 3.05) is 19.0 Å². The molecule has 1 aliphatic rings. The molecule has 6 heteroatoms. The summed E-state index contributed by atoms with van der Waals surface area (Å²) in [6.45, 7) is 2.07. The van der Waals surface area contributed by atoms with Crippen LogP contribution < -0.4 is 10.2 Å². The van der Waals surface area contributed by atoms with E-state index in [4.69, 9.17) is 9.97 Å². The second-order valence-electron chi connectivity index (χ2n) is 8.52. The van der Waals surface area contributed by atoms with Gasteiger partial charge in [-0.25, -0.2) is 9.97 Å². The van der Waals surface area contributed by atoms with E-state index in [1.807, 2.05) is 43.3 Å². The van der Waals surface area contributed by atoms with Crippen molar-refractivity contribution < 1.29 is 4.79 Å². The largest absolute Gasteiger partial charge is 0.363 e. The molecule has 1 amide bonds. The third-order valence-electron chi connectivity index (χ3n) is 5.46. The first-order chi connectivity index (χ1) is 15.0. The van der Waals surface area contributed by atoms with Gasteiger partial charge in [-0.1, -0.05) is 35.9 Å². The SMILES string of the molecule is Cc1cccc(C(Cc2cc(N(C)C)nc(C3CC3)n2)NC(=O)Cc2cccnc2)c1. The van der Waals surface area contributed by atoms with Crippen LogP contribution in [0, 0.1) is 6.92 Å². The van der Waals surface area contributed by atoms with Gasteiger partial charge in [0.15, 0.2) is 0 Å². The molecule has 4 rings (SSSR count). The van der Waals surface area contributed by atoms with Crippen molar-refractivity contribution in [3.05, 3.63) is 83.1 Å². The lowest BCUT2D eigenvalue weighted by atomic mass is 9.99. The quantitative estimate of drug-likeness (QED) is 0.606. The normalized spacial score (nSPS) is 14.2. The summed E-state index contributed by atoms with van der Waals surface area (Å²) >= 11 is 0. The molecule has 0 spiro atoms. The van der Waals surface area contributed by atoms with E-state index in [0.29, 0.717) is 18.8 Å². The standard InChI is InChI=1S/C25H29N5O/c1-17-6-4-8-20(12-17)22(28-24(31)13-18-7-5-11-26-16-18)14-21-15-23(30(2)3)29-25(27-21)19-9-10-19/h4-8,11-12,15-16,19,22H,9-10,13-14H2,1-3H3,(H,28,31). The summed E-state index contributed by atoms with van der Waals surface area (Å²) in [6.07, 6.45) is 6.67. The van der Waals surface area contributed by atoms with Crippen molar-refractivity contribution in [1.82, 2.24) is 20.3 Å². The number of hydrogen-bond acceptors (Lipinski definition) is 5. The number of aromatic nitrogens is 3. The van der Waals surface area contributed by atoms with Crippen molar-refractivity contribution in [2.24, 2.45) is 0 Å². The monoisotopic (exact) mass is 415 g/mol. The molecule has 1 unspecified atom stereocenters. The molecule has 3 aromatic rings. The van der Waals surface area contributed by atoms with E-state index in [1.165, 1.54) is 5.56 Å². The first kappa shape index (κ1) is 21.0. The predicted octanol–water partition coefficient (Wildman–Crippen LogP) is 3.77. The van der Waals surface area contributed by atoms with Crippen LogP contribution in [0.5, 0.6) is 0 Å². The van der Waals surface area contributed by atoms with Crippen molar-refractivity contribution >= 4 is 11.7 Å².